The molecule has 2 aromatic heterocycles. The number of aromatic amines is 1. The number of hydrogen-bond donors (Lipinski definition) is 2. The summed E-state index contributed by atoms with van der Waals surface area (Å²) in [5, 5.41) is 4.43. The van der Waals surface area contributed by atoms with Gasteiger partial charge in [0.05, 0.1) is 17.1 Å². The monoisotopic (exact) mass is 456 g/mol. The number of amides is 1. The van der Waals surface area contributed by atoms with Crippen LogP contribution in [0.15, 0.2) is 29.2 Å². The first-order valence-corrected chi connectivity index (χ1v) is 11.7. The fourth-order valence-corrected chi connectivity index (χ4v) is 5.71. The minimum absolute atomic E-state index is 0.151. The third-order valence-corrected chi connectivity index (χ3v) is 7.59. The SMILES string of the molecule is CNC(=O)c1ncc(N2CCN(C3CCC(c4nc5ccc(F)cc5c(=O)[nH]4)C3)CC2)s1. The summed E-state index contributed by atoms with van der Waals surface area (Å²) in [6.45, 7) is 3.69. The number of fused-ring (bicyclic) bond motifs is 1. The molecule has 3 heterocycles. The second kappa shape index (κ2) is 8.59. The third-order valence-electron chi connectivity index (χ3n) is 6.53. The summed E-state index contributed by atoms with van der Waals surface area (Å²) in [7, 11) is 1.61. The molecule has 5 rings (SSSR count). The lowest BCUT2D eigenvalue weighted by Gasteiger charge is -2.38. The lowest BCUT2D eigenvalue weighted by Crippen LogP contribution is -2.49. The van der Waals surface area contributed by atoms with Crippen LogP contribution in [0, 0.1) is 5.82 Å². The Bertz CT molecular complexity index is 1200. The molecule has 32 heavy (non-hydrogen) atoms. The summed E-state index contributed by atoms with van der Waals surface area (Å²) < 4.78 is 13.5. The Labute approximate surface area is 188 Å². The Kier molecular flexibility index (Phi) is 5.64. The van der Waals surface area contributed by atoms with Crippen molar-refractivity contribution in [3.63, 3.8) is 0 Å². The van der Waals surface area contributed by atoms with Gasteiger partial charge in [-0.15, -0.1) is 0 Å². The fraction of sp³-hybridized carbons (Fsp3) is 0.455. The molecule has 2 aliphatic rings. The maximum atomic E-state index is 13.5. The number of hydrogen-bond acceptors (Lipinski definition) is 7. The van der Waals surface area contributed by atoms with E-state index in [1.54, 1.807) is 19.3 Å². The van der Waals surface area contributed by atoms with Gasteiger partial charge in [-0.1, -0.05) is 11.3 Å². The second-order valence-corrected chi connectivity index (χ2v) is 9.39. The molecule has 1 saturated carbocycles. The van der Waals surface area contributed by atoms with E-state index in [9.17, 15) is 14.0 Å². The summed E-state index contributed by atoms with van der Waals surface area (Å²) in [5.74, 6) is 0.335. The summed E-state index contributed by atoms with van der Waals surface area (Å²) in [6, 6.07) is 4.61. The van der Waals surface area contributed by atoms with Crippen LogP contribution in [0.3, 0.4) is 0 Å². The van der Waals surface area contributed by atoms with Crippen molar-refractivity contribution in [3.8, 4) is 0 Å². The molecule has 2 atom stereocenters. The van der Waals surface area contributed by atoms with E-state index in [1.807, 2.05) is 0 Å². The molecule has 8 nitrogen and oxygen atoms in total. The molecule has 1 aliphatic heterocycles. The third kappa shape index (κ3) is 4.00. The standard InChI is InChI=1S/C22H25FN6O2S/c1-24-21(31)22-25-12-18(32-22)29-8-6-28(7-9-29)15-4-2-13(10-15)19-26-17-5-3-14(23)11-16(17)20(30)27-19/h3,5,11-13,15H,2,4,6-10H2,1H3,(H,24,31)(H,26,27,30). The Morgan fingerprint density at radius 2 is 2.06 bits per heavy atom. The molecular weight excluding hydrogens is 431 g/mol. The van der Waals surface area contributed by atoms with Gasteiger partial charge in [0.25, 0.3) is 11.5 Å². The molecule has 1 saturated heterocycles. The van der Waals surface area contributed by atoms with Crippen LogP contribution in [0.2, 0.25) is 0 Å². The first-order chi connectivity index (χ1) is 15.5. The van der Waals surface area contributed by atoms with Crippen molar-refractivity contribution in [2.75, 3.05) is 38.1 Å². The van der Waals surface area contributed by atoms with Gasteiger partial charge in [0.2, 0.25) is 0 Å². The van der Waals surface area contributed by atoms with E-state index in [-0.39, 0.29) is 17.4 Å². The maximum Gasteiger partial charge on any atom is 0.280 e. The molecule has 0 radical (unpaired) electrons. The largest absolute Gasteiger partial charge is 0.360 e. The highest BCUT2D eigenvalue weighted by atomic mass is 32.1. The van der Waals surface area contributed by atoms with Crippen LogP contribution in [0.1, 0.15) is 40.8 Å². The number of carbonyl (C=O) groups excluding carboxylic acids is 1. The molecule has 2 N–H and O–H groups in total. The Morgan fingerprint density at radius 3 is 2.84 bits per heavy atom. The van der Waals surface area contributed by atoms with Gasteiger partial charge in [-0.2, -0.15) is 0 Å². The first kappa shape index (κ1) is 21.0. The van der Waals surface area contributed by atoms with Gasteiger partial charge < -0.3 is 15.2 Å². The number of halogens is 1. The Hall–Kier alpha value is -2.85. The van der Waals surface area contributed by atoms with Crippen molar-refractivity contribution in [1.29, 1.82) is 0 Å². The molecule has 2 unspecified atom stereocenters. The average Bonchev–Trinajstić information content (AvgIpc) is 3.49. The number of carbonyl (C=O) groups is 1. The quantitative estimate of drug-likeness (QED) is 0.626. The predicted molar refractivity (Wildman–Crippen MR) is 122 cm³/mol. The molecule has 10 heteroatoms. The normalized spacial score (nSPS) is 21.9. The molecular formula is C22H25FN6O2S. The zero-order chi connectivity index (χ0) is 22.2. The van der Waals surface area contributed by atoms with Crippen LogP contribution < -0.4 is 15.8 Å². The number of anilines is 1. The highest BCUT2D eigenvalue weighted by molar-refractivity contribution is 7.17. The minimum Gasteiger partial charge on any atom is -0.360 e. The van der Waals surface area contributed by atoms with Gasteiger partial charge >= 0.3 is 0 Å². The average molecular weight is 457 g/mol. The van der Waals surface area contributed by atoms with Crippen molar-refractivity contribution in [3.05, 3.63) is 51.4 Å². The number of benzene rings is 1. The zero-order valence-corrected chi connectivity index (χ0v) is 18.6. The lowest BCUT2D eigenvalue weighted by atomic mass is 10.1. The lowest BCUT2D eigenvalue weighted by molar-refractivity contribution is 0.0962. The molecule has 168 valence electrons. The molecule has 3 aromatic rings. The number of rotatable bonds is 4. The van der Waals surface area contributed by atoms with Crippen molar-refractivity contribution in [2.45, 2.75) is 31.2 Å². The summed E-state index contributed by atoms with van der Waals surface area (Å²) in [6.07, 6.45) is 4.78. The highest BCUT2D eigenvalue weighted by Gasteiger charge is 2.33. The summed E-state index contributed by atoms with van der Waals surface area (Å²) in [4.78, 5) is 40.7. The van der Waals surface area contributed by atoms with Crippen LogP contribution in [0.5, 0.6) is 0 Å². The number of nitrogens with one attached hydrogen (secondary N) is 2. The van der Waals surface area contributed by atoms with Gasteiger partial charge in [-0.25, -0.2) is 14.4 Å². The van der Waals surface area contributed by atoms with Gasteiger partial charge in [0.1, 0.15) is 16.6 Å². The van der Waals surface area contributed by atoms with Crippen molar-refractivity contribution in [2.24, 2.45) is 0 Å². The van der Waals surface area contributed by atoms with Gasteiger partial charge in [0, 0.05) is 45.2 Å². The van der Waals surface area contributed by atoms with Crippen LogP contribution in [0.4, 0.5) is 9.39 Å². The van der Waals surface area contributed by atoms with E-state index in [1.165, 1.54) is 23.5 Å². The van der Waals surface area contributed by atoms with Crippen molar-refractivity contribution < 1.29 is 9.18 Å². The van der Waals surface area contributed by atoms with Crippen LogP contribution >= 0.6 is 11.3 Å². The topological polar surface area (TPSA) is 94.2 Å². The highest BCUT2D eigenvalue weighted by Crippen LogP contribution is 2.36. The number of thiazole rings is 1. The molecule has 2 fully saturated rings. The van der Waals surface area contributed by atoms with Crippen LogP contribution in [0.25, 0.3) is 10.9 Å². The Morgan fingerprint density at radius 1 is 1.25 bits per heavy atom. The van der Waals surface area contributed by atoms with E-state index in [4.69, 9.17) is 0 Å². The van der Waals surface area contributed by atoms with Crippen molar-refractivity contribution in [1.82, 2.24) is 25.2 Å². The van der Waals surface area contributed by atoms with E-state index < -0.39 is 5.82 Å². The Balaban J connectivity index is 1.22. The fourth-order valence-electron chi connectivity index (χ4n) is 4.79. The predicted octanol–water partition coefficient (Wildman–Crippen LogP) is 2.34. The minimum atomic E-state index is -0.430. The molecule has 1 amide bonds. The van der Waals surface area contributed by atoms with Gasteiger partial charge in [-0.05, 0) is 37.5 Å². The van der Waals surface area contributed by atoms with Gasteiger partial charge in [-0.3, -0.25) is 14.5 Å². The smallest absolute Gasteiger partial charge is 0.280 e. The van der Waals surface area contributed by atoms with E-state index in [0.29, 0.717) is 27.8 Å². The number of piperazine rings is 1. The second-order valence-electron chi connectivity index (χ2n) is 8.38. The maximum absolute atomic E-state index is 13.5. The zero-order valence-electron chi connectivity index (χ0n) is 17.8. The van der Waals surface area contributed by atoms with Crippen LogP contribution in [-0.4, -0.2) is 65.0 Å². The molecule has 0 spiro atoms. The molecule has 0 bridgehead atoms. The number of H-pyrrole nitrogens is 1. The molecule has 1 aliphatic carbocycles. The first-order valence-electron chi connectivity index (χ1n) is 10.9. The number of nitrogens with zero attached hydrogens (tertiary/aromatic N) is 4. The summed E-state index contributed by atoms with van der Waals surface area (Å²) >= 11 is 1.43. The summed E-state index contributed by atoms with van der Waals surface area (Å²) in [5.41, 5.74) is 0.269. The van der Waals surface area contributed by atoms with Crippen LogP contribution in [-0.2, 0) is 0 Å². The van der Waals surface area contributed by atoms with Gasteiger partial charge in [0.15, 0.2) is 5.01 Å². The van der Waals surface area contributed by atoms with E-state index in [0.717, 1.165) is 50.4 Å². The van der Waals surface area contributed by atoms with E-state index in [2.05, 4.69) is 30.1 Å². The molecule has 1 aromatic carbocycles. The number of aromatic nitrogens is 3. The van der Waals surface area contributed by atoms with E-state index >= 15 is 0 Å². The van der Waals surface area contributed by atoms with Crippen molar-refractivity contribution >= 4 is 33.1 Å².